The molecular formula is C14H16ClNO2. The van der Waals surface area contributed by atoms with Gasteiger partial charge in [0.2, 0.25) is 0 Å². The molecule has 18 heavy (non-hydrogen) atoms. The summed E-state index contributed by atoms with van der Waals surface area (Å²) < 4.78 is 5.05. The molecule has 0 bridgehead atoms. The van der Waals surface area contributed by atoms with Gasteiger partial charge in [0.1, 0.15) is 10.7 Å². The Morgan fingerprint density at radius 2 is 2.44 bits per heavy atom. The van der Waals surface area contributed by atoms with E-state index < -0.39 is 0 Å². The average molecular weight is 266 g/mol. The molecule has 0 amide bonds. The zero-order chi connectivity index (χ0) is 13.0. The number of hydrogen-bond acceptors (Lipinski definition) is 3. The van der Waals surface area contributed by atoms with Crippen LogP contribution in [0, 0.1) is 0 Å². The Kier molecular flexibility index (Phi) is 4.37. The molecule has 3 nitrogen and oxygen atoms in total. The lowest BCUT2D eigenvalue weighted by Crippen LogP contribution is -2.12. The van der Waals surface area contributed by atoms with E-state index in [1.54, 1.807) is 13.1 Å². The van der Waals surface area contributed by atoms with Crippen LogP contribution in [0.4, 0.5) is 0 Å². The maximum absolute atomic E-state index is 12.0. The molecule has 1 aliphatic rings. The fourth-order valence-electron chi connectivity index (χ4n) is 2.24. The molecule has 0 saturated heterocycles. The summed E-state index contributed by atoms with van der Waals surface area (Å²) in [5.74, 6) is -0.150. The van der Waals surface area contributed by atoms with Gasteiger partial charge in [-0.1, -0.05) is 23.8 Å². The van der Waals surface area contributed by atoms with Crippen molar-refractivity contribution < 1.29 is 9.53 Å². The summed E-state index contributed by atoms with van der Waals surface area (Å²) in [6.45, 7) is 2.12. The van der Waals surface area contributed by atoms with E-state index in [9.17, 15) is 4.79 Å². The second kappa shape index (κ2) is 6.01. The standard InChI is InChI=1S/C14H16ClNO2/c1-2-18-14(17)12-11(8-9-16-13(12)15)10-6-4-3-5-7-10/h4,6,8-10H,2-3,5,7H2,1H3. The van der Waals surface area contributed by atoms with Crippen molar-refractivity contribution in [1.29, 1.82) is 0 Å². The van der Waals surface area contributed by atoms with Crippen molar-refractivity contribution in [2.24, 2.45) is 0 Å². The number of pyridine rings is 1. The number of esters is 1. The maximum atomic E-state index is 12.0. The highest BCUT2D eigenvalue weighted by Crippen LogP contribution is 2.32. The van der Waals surface area contributed by atoms with Crippen LogP contribution in [0.25, 0.3) is 0 Å². The van der Waals surface area contributed by atoms with Gasteiger partial charge in [-0.05, 0) is 37.8 Å². The minimum Gasteiger partial charge on any atom is -0.462 e. The second-order valence-electron chi connectivity index (χ2n) is 4.25. The predicted octanol–water partition coefficient (Wildman–Crippen LogP) is 3.74. The molecule has 0 N–H and O–H groups in total. The van der Waals surface area contributed by atoms with Crippen molar-refractivity contribution in [2.75, 3.05) is 6.61 Å². The van der Waals surface area contributed by atoms with E-state index in [0.717, 1.165) is 24.8 Å². The topological polar surface area (TPSA) is 39.2 Å². The normalized spacial score (nSPS) is 18.7. The molecule has 96 valence electrons. The van der Waals surface area contributed by atoms with Crippen LogP contribution in [0.15, 0.2) is 24.4 Å². The van der Waals surface area contributed by atoms with E-state index in [-0.39, 0.29) is 17.0 Å². The highest BCUT2D eigenvalue weighted by molar-refractivity contribution is 6.32. The molecule has 1 aromatic rings. The van der Waals surface area contributed by atoms with Gasteiger partial charge in [-0.25, -0.2) is 9.78 Å². The van der Waals surface area contributed by atoms with Gasteiger partial charge in [-0.2, -0.15) is 0 Å². The Labute approximate surface area is 112 Å². The molecule has 0 saturated carbocycles. The molecule has 2 rings (SSSR count). The van der Waals surface area contributed by atoms with Gasteiger partial charge in [0.25, 0.3) is 0 Å². The van der Waals surface area contributed by atoms with Gasteiger partial charge >= 0.3 is 5.97 Å². The number of carbonyl (C=O) groups excluding carboxylic acids is 1. The van der Waals surface area contributed by atoms with Crippen molar-refractivity contribution in [2.45, 2.75) is 32.1 Å². The van der Waals surface area contributed by atoms with Gasteiger partial charge in [0, 0.05) is 12.1 Å². The molecule has 0 radical (unpaired) electrons. The van der Waals surface area contributed by atoms with Crippen LogP contribution in [0.1, 0.15) is 48.0 Å². The molecule has 4 heteroatoms. The summed E-state index contributed by atoms with van der Waals surface area (Å²) in [7, 11) is 0. The third-order valence-electron chi connectivity index (χ3n) is 3.07. The fraction of sp³-hybridized carbons (Fsp3) is 0.429. The molecule has 1 aromatic heterocycles. The Morgan fingerprint density at radius 1 is 1.61 bits per heavy atom. The van der Waals surface area contributed by atoms with Crippen molar-refractivity contribution in [3.8, 4) is 0 Å². The van der Waals surface area contributed by atoms with Gasteiger partial charge in [0.15, 0.2) is 0 Å². The monoisotopic (exact) mass is 265 g/mol. The largest absolute Gasteiger partial charge is 0.462 e. The molecule has 1 heterocycles. The van der Waals surface area contributed by atoms with Gasteiger partial charge < -0.3 is 4.74 Å². The third-order valence-corrected chi connectivity index (χ3v) is 3.36. The van der Waals surface area contributed by atoms with Crippen molar-refractivity contribution in [3.05, 3.63) is 40.7 Å². The number of ether oxygens (including phenoxy) is 1. The maximum Gasteiger partial charge on any atom is 0.341 e. The van der Waals surface area contributed by atoms with Gasteiger partial charge in [0.05, 0.1) is 6.61 Å². The molecular weight excluding hydrogens is 250 g/mol. The van der Waals surface area contributed by atoms with E-state index in [2.05, 4.69) is 17.1 Å². The number of aromatic nitrogens is 1. The Hall–Kier alpha value is -1.35. The number of halogens is 1. The molecule has 0 aromatic carbocycles. The molecule has 0 spiro atoms. The molecule has 0 aliphatic heterocycles. The lowest BCUT2D eigenvalue weighted by atomic mass is 9.87. The summed E-state index contributed by atoms with van der Waals surface area (Å²) >= 11 is 6.04. The highest BCUT2D eigenvalue weighted by Gasteiger charge is 2.22. The second-order valence-corrected chi connectivity index (χ2v) is 4.61. The fourth-order valence-corrected chi connectivity index (χ4v) is 2.48. The third kappa shape index (κ3) is 2.72. The van der Waals surface area contributed by atoms with E-state index >= 15 is 0 Å². The Bertz CT molecular complexity index is 471. The van der Waals surface area contributed by atoms with E-state index in [1.807, 2.05) is 6.07 Å². The Balaban J connectivity index is 2.40. The highest BCUT2D eigenvalue weighted by atomic mass is 35.5. The van der Waals surface area contributed by atoms with Crippen LogP contribution in [-0.4, -0.2) is 17.6 Å². The first kappa shape index (κ1) is 13.1. The average Bonchev–Trinajstić information content (AvgIpc) is 2.39. The molecule has 1 unspecified atom stereocenters. The first-order valence-corrected chi connectivity index (χ1v) is 6.60. The van der Waals surface area contributed by atoms with E-state index in [4.69, 9.17) is 16.3 Å². The minimum absolute atomic E-state index is 0.227. The van der Waals surface area contributed by atoms with Crippen LogP contribution < -0.4 is 0 Å². The van der Waals surface area contributed by atoms with Gasteiger partial charge in [-0.15, -0.1) is 0 Å². The SMILES string of the molecule is CCOC(=O)c1c(C2C=CCCC2)ccnc1Cl. The van der Waals surface area contributed by atoms with E-state index in [1.165, 1.54) is 0 Å². The quantitative estimate of drug-likeness (QED) is 0.475. The first-order valence-electron chi connectivity index (χ1n) is 6.22. The Morgan fingerprint density at radius 3 is 3.11 bits per heavy atom. The molecule has 0 fully saturated rings. The number of nitrogens with zero attached hydrogens (tertiary/aromatic N) is 1. The zero-order valence-electron chi connectivity index (χ0n) is 10.4. The zero-order valence-corrected chi connectivity index (χ0v) is 11.1. The van der Waals surface area contributed by atoms with Gasteiger partial charge in [-0.3, -0.25) is 0 Å². The number of allylic oxidation sites excluding steroid dienone is 2. The number of rotatable bonds is 3. The summed E-state index contributed by atoms with van der Waals surface area (Å²) in [6, 6.07) is 1.86. The molecule has 1 atom stereocenters. The lowest BCUT2D eigenvalue weighted by Gasteiger charge is -2.19. The number of carbonyl (C=O) groups is 1. The van der Waals surface area contributed by atoms with Crippen molar-refractivity contribution in [1.82, 2.24) is 4.98 Å². The van der Waals surface area contributed by atoms with Crippen LogP contribution in [0.2, 0.25) is 5.15 Å². The smallest absolute Gasteiger partial charge is 0.341 e. The summed E-state index contributed by atoms with van der Waals surface area (Å²) in [6.07, 6.45) is 9.19. The predicted molar refractivity (Wildman–Crippen MR) is 70.9 cm³/mol. The summed E-state index contributed by atoms with van der Waals surface area (Å²) in [5.41, 5.74) is 1.34. The summed E-state index contributed by atoms with van der Waals surface area (Å²) in [4.78, 5) is 15.9. The van der Waals surface area contributed by atoms with Crippen LogP contribution in [0.3, 0.4) is 0 Å². The molecule has 1 aliphatic carbocycles. The first-order chi connectivity index (χ1) is 8.74. The number of hydrogen-bond donors (Lipinski definition) is 0. The van der Waals surface area contributed by atoms with E-state index in [0.29, 0.717) is 12.2 Å². The van der Waals surface area contributed by atoms with Crippen molar-refractivity contribution in [3.63, 3.8) is 0 Å². The van der Waals surface area contributed by atoms with Crippen molar-refractivity contribution >= 4 is 17.6 Å². The summed E-state index contributed by atoms with van der Waals surface area (Å²) in [5, 5.41) is 0.227. The minimum atomic E-state index is -0.385. The van der Waals surface area contributed by atoms with Crippen LogP contribution in [-0.2, 0) is 4.74 Å². The van der Waals surface area contributed by atoms with Crippen LogP contribution in [0.5, 0.6) is 0 Å². The van der Waals surface area contributed by atoms with Crippen LogP contribution >= 0.6 is 11.6 Å². The lowest BCUT2D eigenvalue weighted by molar-refractivity contribution is 0.0524.